The summed E-state index contributed by atoms with van der Waals surface area (Å²) < 4.78 is 71.5. The Labute approximate surface area is 227 Å². The Morgan fingerprint density at radius 2 is 1.62 bits per heavy atom. The Bertz CT molecular complexity index is 1230. The first-order valence-electron chi connectivity index (χ1n) is 11.6. The zero-order chi connectivity index (χ0) is 29.7. The van der Waals surface area contributed by atoms with Crippen LogP contribution in [0.1, 0.15) is 24.4 Å². The Morgan fingerprint density at radius 3 is 2.10 bits per heavy atom. The molecule has 40 heavy (non-hydrogen) atoms. The minimum absolute atomic E-state index is 0.0881. The fourth-order valence-electron chi connectivity index (χ4n) is 4.49. The van der Waals surface area contributed by atoms with Crippen molar-refractivity contribution in [3.63, 3.8) is 0 Å². The quantitative estimate of drug-likeness (QED) is 0.425. The van der Waals surface area contributed by atoms with Crippen molar-refractivity contribution in [1.29, 1.82) is 0 Å². The summed E-state index contributed by atoms with van der Waals surface area (Å²) in [7, 11) is 2.19. The number of halogens is 6. The molecule has 10 nitrogen and oxygen atoms in total. The molecule has 5 rings (SSSR count). The van der Waals surface area contributed by atoms with Crippen molar-refractivity contribution in [3.05, 3.63) is 47.5 Å². The van der Waals surface area contributed by atoms with Gasteiger partial charge in [0, 0.05) is 19.6 Å². The van der Waals surface area contributed by atoms with Gasteiger partial charge in [-0.2, -0.15) is 26.3 Å². The van der Waals surface area contributed by atoms with Gasteiger partial charge in [0.15, 0.2) is 5.82 Å². The average molecular weight is 598 g/mol. The SMILES string of the molecule is CN1Cc2nnc(-c3cccs3)n2C2(CCN(Cc3ccco3)CC2)C1.O=C(O)C(F)(F)F.O=C(O)C(F)(F)F. The van der Waals surface area contributed by atoms with Crippen molar-refractivity contribution in [3.8, 4) is 10.7 Å². The van der Waals surface area contributed by atoms with Crippen LogP contribution in [0.4, 0.5) is 26.3 Å². The summed E-state index contributed by atoms with van der Waals surface area (Å²) in [5.74, 6) is -2.32. The summed E-state index contributed by atoms with van der Waals surface area (Å²) >= 11 is 1.75. The van der Waals surface area contributed by atoms with E-state index in [9.17, 15) is 26.3 Å². The Balaban J connectivity index is 0.000000263. The Kier molecular flexibility index (Phi) is 9.63. The molecule has 2 N–H and O–H groups in total. The second-order valence-electron chi connectivity index (χ2n) is 9.11. The van der Waals surface area contributed by atoms with E-state index in [1.807, 2.05) is 6.07 Å². The molecule has 220 valence electrons. The number of piperidine rings is 1. The number of likely N-dealkylation sites (tertiary alicyclic amines) is 1. The number of alkyl halides is 6. The molecule has 0 amide bonds. The summed E-state index contributed by atoms with van der Waals surface area (Å²) in [6.07, 6.45) is -6.18. The van der Waals surface area contributed by atoms with Crippen LogP contribution < -0.4 is 0 Å². The monoisotopic (exact) mass is 597 g/mol. The fraction of sp³-hybridized carbons (Fsp3) is 0.478. The maximum atomic E-state index is 10.6. The number of furan rings is 1. The highest BCUT2D eigenvalue weighted by Crippen LogP contribution is 2.40. The Hall–Kier alpha value is -3.44. The van der Waals surface area contributed by atoms with Crippen LogP contribution in [-0.4, -0.2) is 85.8 Å². The number of aromatic nitrogens is 3. The highest BCUT2D eigenvalue weighted by atomic mass is 32.1. The molecule has 2 aliphatic rings. The molecule has 0 radical (unpaired) electrons. The van der Waals surface area contributed by atoms with Gasteiger partial charge in [-0.25, -0.2) is 9.59 Å². The molecule has 0 saturated carbocycles. The number of aliphatic carboxylic acids is 2. The lowest BCUT2D eigenvalue weighted by Crippen LogP contribution is -2.55. The largest absolute Gasteiger partial charge is 0.490 e. The maximum absolute atomic E-state index is 10.6. The minimum atomic E-state index is -5.08. The number of carboxylic acid groups (broad SMARTS) is 2. The molecule has 3 aromatic rings. The molecule has 1 saturated heterocycles. The predicted molar refractivity (Wildman–Crippen MR) is 128 cm³/mol. The van der Waals surface area contributed by atoms with Crippen LogP contribution >= 0.6 is 11.3 Å². The first kappa shape index (κ1) is 31.1. The van der Waals surface area contributed by atoms with Gasteiger partial charge in [-0.15, -0.1) is 21.5 Å². The summed E-state index contributed by atoms with van der Waals surface area (Å²) in [6.45, 7) is 4.96. The summed E-state index contributed by atoms with van der Waals surface area (Å²) in [6, 6.07) is 8.27. The molecule has 3 aromatic heterocycles. The van der Waals surface area contributed by atoms with Crippen molar-refractivity contribution >= 4 is 23.3 Å². The first-order valence-corrected chi connectivity index (χ1v) is 12.5. The number of nitrogens with zero attached hydrogens (tertiary/aromatic N) is 5. The average Bonchev–Trinajstić information content (AvgIpc) is 3.62. The van der Waals surface area contributed by atoms with E-state index in [4.69, 9.17) is 24.2 Å². The topological polar surface area (TPSA) is 125 Å². The molecule has 5 heterocycles. The second kappa shape index (κ2) is 12.4. The number of thiophene rings is 1. The molecule has 0 aromatic carbocycles. The van der Waals surface area contributed by atoms with E-state index in [0.29, 0.717) is 0 Å². The van der Waals surface area contributed by atoms with Gasteiger partial charge >= 0.3 is 24.3 Å². The molecule has 0 bridgehead atoms. The molecule has 17 heteroatoms. The third kappa shape index (κ3) is 7.82. The lowest BCUT2D eigenvalue weighted by atomic mass is 9.84. The lowest BCUT2D eigenvalue weighted by Gasteiger charge is -2.48. The van der Waals surface area contributed by atoms with Crippen LogP contribution in [0.2, 0.25) is 0 Å². The lowest BCUT2D eigenvalue weighted by molar-refractivity contribution is -0.193. The van der Waals surface area contributed by atoms with E-state index in [1.165, 1.54) is 4.88 Å². The van der Waals surface area contributed by atoms with Gasteiger partial charge in [0.2, 0.25) is 0 Å². The van der Waals surface area contributed by atoms with Crippen molar-refractivity contribution in [2.24, 2.45) is 0 Å². The third-order valence-electron chi connectivity index (χ3n) is 6.15. The van der Waals surface area contributed by atoms with Crippen molar-refractivity contribution in [1.82, 2.24) is 24.6 Å². The maximum Gasteiger partial charge on any atom is 0.490 e. The van der Waals surface area contributed by atoms with Crippen molar-refractivity contribution in [2.75, 3.05) is 26.7 Å². The molecule has 0 aliphatic carbocycles. The van der Waals surface area contributed by atoms with Crippen molar-refractivity contribution < 1.29 is 50.6 Å². The minimum Gasteiger partial charge on any atom is -0.475 e. The van der Waals surface area contributed by atoms with E-state index in [1.54, 1.807) is 17.6 Å². The number of likely N-dealkylation sites (N-methyl/N-ethyl adjacent to an activating group) is 1. The van der Waals surface area contributed by atoms with Crippen LogP contribution in [0.3, 0.4) is 0 Å². The standard InChI is InChI=1S/C19H23N5OS.2C2HF3O2/c1-22-13-17-20-21-18(16-5-3-11-26-16)24(17)19(14-22)6-8-23(9-7-19)12-15-4-2-10-25-15;2*3-2(4,5)1(6)7/h2-5,10-11H,6-9,12-14H2,1H3;2*(H,6,7). The van der Waals surface area contributed by atoms with Gasteiger partial charge in [-0.05, 0) is 43.5 Å². The molecule has 0 atom stereocenters. The molecule has 1 fully saturated rings. The number of hydrogen-bond donors (Lipinski definition) is 2. The van der Waals surface area contributed by atoms with Gasteiger partial charge in [-0.1, -0.05) is 6.07 Å². The van der Waals surface area contributed by atoms with Crippen LogP contribution in [0.25, 0.3) is 10.7 Å². The summed E-state index contributed by atoms with van der Waals surface area (Å²) in [5.41, 5.74) is 0.0881. The first-order chi connectivity index (χ1) is 18.6. The van der Waals surface area contributed by atoms with Crippen LogP contribution in [0.5, 0.6) is 0 Å². The zero-order valence-electron chi connectivity index (χ0n) is 20.9. The number of rotatable bonds is 3. The number of carbonyl (C=O) groups is 2. The zero-order valence-corrected chi connectivity index (χ0v) is 21.8. The molecule has 2 aliphatic heterocycles. The molecule has 1 spiro atoms. The van der Waals surface area contributed by atoms with E-state index in [2.05, 4.69) is 55.2 Å². The number of carboxylic acids is 2. The van der Waals surface area contributed by atoms with E-state index in [0.717, 1.165) is 63.0 Å². The Morgan fingerprint density at radius 1 is 1.02 bits per heavy atom. The normalized spacial score (nSPS) is 17.3. The fourth-order valence-corrected chi connectivity index (χ4v) is 5.18. The number of fused-ring (bicyclic) bond motifs is 2. The van der Waals surface area contributed by atoms with E-state index < -0.39 is 24.3 Å². The molecular formula is C23H25F6N5O5S. The van der Waals surface area contributed by atoms with E-state index >= 15 is 0 Å². The molecular weight excluding hydrogens is 572 g/mol. The highest BCUT2D eigenvalue weighted by molar-refractivity contribution is 7.13. The molecule has 0 unspecified atom stereocenters. The third-order valence-corrected chi connectivity index (χ3v) is 7.02. The van der Waals surface area contributed by atoms with E-state index in [-0.39, 0.29) is 5.54 Å². The highest BCUT2D eigenvalue weighted by Gasteiger charge is 2.44. The van der Waals surface area contributed by atoms with Gasteiger partial charge in [0.1, 0.15) is 11.6 Å². The van der Waals surface area contributed by atoms with Crippen LogP contribution in [0, 0.1) is 0 Å². The van der Waals surface area contributed by atoms with Gasteiger partial charge < -0.3 is 19.2 Å². The predicted octanol–water partition coefficient (Wildman–Crippen LogP) is 4.30. The second-order valence-corrected chi connectivity index (χ2v) is 10.1. The summed E-state index contributed by atoms with van der Waals surface area (Å²) in [4.78, 5) is 23.9. The van der Waals surface area contributed by atoms with Gasteiger partial charge in [0.25, 0.3) is 0 Å². The smallest absolute Gasteiger partial charge is 0.475 e. The summed E-state index contributed by atoms with van der Waals surface area (Å²) in [5, 5.41) is 25.5. The number of hydrogen-bond acceptors (Lipinski definition) is 8. The van der Waals surface area contributed by atoms with Crippen LogP contribution in [0.15, 0.2) is 40.3 Å². The van der Waals surface area contributed by atoms with Crippen LogP contribution in [-0.2, 0) is 28.2 Å². The van der Waals surface area contributed by atoms with Gasteiger partial charge in [0.05, 0.1) is 29.8 Å². The van der Waals surface area contributed by atoms with Crippen molar-refractivity contribution in [2.45, 2.75) is 43.8 Å². The van der Waals surface area contributed by atoms with Gasteiger partial charge in [-0.3, -0.25) is 9.80 Å².